The van der Waals surface area contributed by atoms with E-state index in [1.54, 1.807) is 0 Å². The molecule has 0 unspecified atom stereocenters. The molecule has 0 atom stereocenters. The van der Waals surface area contributed by atoms with Crippen LogP contribution in [0.4, 0.5) is 0 Å². The third-order valence-corrected chi connectivity index (χ3v) is 2.53. The SMILES string of the molecule is O=C(O)c1[nH]c(=O)[nH]c1-c1cc(Cl)cc(Cl)c1. The monoisotopic (exact) mass is 272 g/mol. The van der Waals surface area contributed by atoms with Gasteiger partial charge in [0, 0.05) is 15.6 Å². The van der Waals surface area contributed by atoms with E-state index >= 15 is 0 Å². The van der Waals surface area contributed by atoms with E-state index in [0.717, 1.165) is 0 Å². The van der Waals surface area contributed by atoms with Gasteiger partial charge in [0.25, 0.3) is 0 Å². The summed E-state index contributed by atoms with van der Waals surface area (Å²) in [7, 11) is 0. The molecule has 88 valence electrons. The molecular formula is C10H6Cl2N2O3. The third-order valence-electron chi connectivity index (χ3n) is 2.09. The Morgan fingerprint density at radius 1 is 1.12 bits per heavy atom. The van der Waals surface area contributed by atoms with Gasteiger partial charge in [0.2, 0.25) is 0 Å². The van der Waals surface area contributed by atoms with Gasteiger partial charge < -0.3 is 10.1 Å². The standard InChI is InChI=1S/C10H6Cl2N2O3/c11-5-1-4(2-6(12)3-5)7-8(9(15)16)14-10(17)13-7/h1-3H,(H,15,16)(H2,13,14,17). The lowest BCUT2D eigenvalue weighted by atomic mass is 10.1. The van der Waals surface area contributed by atoms with Gasteiger partial charge >= 0.3 is 11.7 Å². The highest BCUT2D eigenvalue weighted by atomic mass is 35.5. The molecule has 1 heterocycles. The smallest absolute Gasteiger partial charge is 0.354 e. The summed E-state index contributed by atoms with van der Waals surface area (Å²) in [6, 6.07) is 4.54. The number of halogens is 2. The maximum Gasteiger partial charge on any atom is 0.354 e. The number of aromatic carboxylic acids is 1. The van der Waals surface area contributed by atoms with E-state index in [2.05, 4.69) is 9.97 Å². The number of benzene rings is 1. The highest BCUT2D eigenvalue weighted by Gasteiger charge is 2.16. The number of aromatic amines is 2. The van der Waals surface area contributed by atoms with Crippen LogP contribution in [-0.2, 0) is 0 Å². The van der Waals surface area contributed by atoms with Crippen LogP contribution in [0.25, 0.3) is 11.3 Å². The fourth-order valence-corrected chi connectivity index (χ4v) is 1.98. The number of nitrogens with one attached hydrogen (secondary N) is 2. The van der Waals surface area contributed by atoms with Crippen LogP contribution in [0.5, 0.6) is 0 Å². The minimum atomic E-state index is -1.24. The van der Waals surface area contributed by atoms with Crippen molar-refractivity contribution in [2.45, 2.75) is 0 Å². The number of imidazole rings is 1. The van der Waals surface area contributed by atoms with Crippen molar-refractivity contribution >= 4 is 29.2 Å². The molecule has 0 fully saturated rings. The van der Waals surface area contributed by atoms with Crippen molar-refractivity contribution < 1.29 is 9.90 Å². The van der Waals surface area contributed by atoms with E-state index < -0.39 is 11.7 Å². The normalized spacial score (nSPS) is 10.5. The van der Waals surface area contributed by atoms with E-state index in [4.69, 9.17) is 28.3 Å². The van der Waals surface area contributed by atoms with E-state index in [1.807, 2.05) is 0 Å². The van der Waals surface area contributed by atoms with Gasteiger partial charge in [-0.25, -0.2) is 9.59 Å². The molecule has 0 spiro atoms. The largest absolute Gasteiger partial charge is 0.477 e. The van der Waals surface area contributed by atoms with Crippen LogP contribution >= 0.6 is 23.2 Å². The third kappa shape index (κ3) is 2.35. The van der Waals surface area contributed by atoms with Gasteiger partial charge in [-0.15, -0.1) is 0 Å². The number of aromatic nitrogens is 2. The molecule has 0 amide bonds. The van der Waals surface area contributed by atoms with Gasteiger partial charge in [0.05, 0.1) is 5.69 Å². The Morgan fingerprint density at radius 2 is 1.71 bits per heavy atom. The predicted molar refractivity (Wildman–Crippen MR) is 63.8 cm³/mol. The van der Waals surface area contributed by atoms with Crippen molar-refractivity contribution in [3.05, 3.63) is 44.4 Å². The zero-order valence-electron chi connectivity index (χ0n) is 8.25. The van der Waals surface area contributed by atoms with Crippen LogP contribution in [0.1, 0.15) is 10.5 Å². The zero-order valence-corrected chi connectivity index (χ0v) is 9.76. The second-order valence-corrected chi connectivity index (χ2v) is 4.17. The number of carboxylic acid groups (broad SMARTS) is 1. The number of hydrogen-bond donors (Lipinski definition) is 3. The summed E-state index contributed by atoms with van der Waals surface area (Å²) >= 11 is 11.6. The fourth-order valence-electron chi connectivity index (χ4n) is 1.46. The fraction of sp³-hybridized carbons (Fsp3) is 0. The number of carbonyl (C=O) groups is 1. The Kier molecular flexibility index (Phi) is 2.95. The van der Waals surface area contributed by atoms with Gasteiger partial charge in [-0.05, 0) is 18.2 Å². The summed E-state index contributed by atoms with van der Waals surface area (Å²) in [5, 5.41) is 9.63. The molecule has 17 heavy (non-hydrogen) atoms. The molecule has 0 saturated carbocycles. The van der Waals surface area contributed by atoms with Crippen LogP contribution in [0.15, 0.2) is 23.0 Å². The Labute approximate surface area is 105 Å². The van der Waals surface area contributed by atoms with Crippen molar-refractivity contribution in [3.8, 4) is 11.3 Å². The molecule has 5 nitrogen and oxygen atoms in total. The number of carboxylic acids is 1. The summed E-state index contributed by atoms with van der Waals surface area (Å²) in [6.07, 6.45) is 0. The molecule has 1 aromatic carbocycles. The topological polar surface area (TPSA) is 85.9 Å². The molecule has 0 aliphatic carbocycles. The predicted octanol–water partition coefficient (Wildman–Crippen LogP) is 2.38. The molecule has 0 aliphatic heterocycles. The minimum Gasteiger partial charge on any atom is -0.477 e. The van der Waals surface area contributed by atoms with Crippen LogP contribution in [0.2, 0.25) is 10.0 Å². The molecule has 3 N–H and O–H groups in total. The van der Waals surface area contributed by atoms with Gasteiger partial charge in [-0.2, -0.15) is 0 Å². The summed E-state index contributed by atoms with van der Waals surface area (Å²) in [5.41, 5.74) is -0.257. The molecular weight excluding hydrogens is 267 g/mol. The Balaban J connectivity index is 2.67. The van der Waals surface area contributed by atoms with E-state index in [-0.39, 0.29) is 11.4 Å². The quantitative estimate of drug-likeness (QED) is 0.785. The second kappa shape index (κ2) is 4.27. The number of rotatable bonds is 2. The minimum absolute atomic E-state index is 0.145. The maximum absolute atomic E-state index is 11.1. The molecule has 0 saturated heterocycles. The maximum atomic E-state index is 11.1. The van der Waals surface area contributed by atoms with Gasteiger partial charge in [-0.3, -0.25) is 4.98 Å². The Bertz CT molecular complexity index is 625. The van der Waals surface area contributed by atoms with E-state index in [0.29, 0.717) is 15.6 Å². The average molecular weight is 273 g/mol. The molecule has 0 aliphatic rings. The first-order chi connectivity index (χ1) is 7.97. The van der Waals surface area contributed by atoms with Gasteiger partial charge in [0.1, 0.15) is 0 Å². The van der Waals surface area contributed by atoms with Crippen molar-refractivity contribution in [1.29, 1.82) is 0 Å². The molecule has 0 bridgehead atoms. The lowest BCUT2D eigenvalue weighted by Gasteiger charge is -2.01. The van der Waals surface area contributed by atoms with Gasteiger partial charge in [0.15, 0.2) is 5.69 Å². The van der Waals surface area contributed by atoms with Crippen LogP contribution in [0, 0.1) is 0 Å². The first-order valence-corrected chi connectivity index (χ1v) is 5.25. The first kappa shape index (κ1) is 11.8. The van der Waals surface area contributed by atoms with Gasteiger partial charge in [-0.1, -0.05) is 23.2 Å². The van der Waals surface area contributed by atoms with Crippen molar-refractivity contribution in [3.63, 3.8) is 0 Å². The zero-order chi connectivity index (χ0) is 12.6. The number of hydrogen-bond acceptors (Lipinski definition) is 2. The summed E-state index contributed by atoms with van der Waals surface area (Å²) in [4.78, 5) is 26.6. The molecule has 1 aromatic heterocycles. The lowest BCUT2D eigenvalue weighted by Crippen LogP contribution is -2.03. The van der Waals surface area contributed by atoms with Crippen LogP contribution in [0.3, 0.4) is 0 Å². The summed E-state index contributed by atoms with van der Waals surface area (Å²) in [5.74, 6) is -1.24. The molecule has 2 rings (SSSR count). The van der Waals surface area contributed by atoms with E-state index in [1.165, 1.54) is 18.2 Å². The van der Waals surface area contributed by atoms with E-state index in [9.17, 15) is 9.59 Å². The van der Waals surface area contributed by atoms with Crippen LogP contribution in [-0.4, -0.2) is 21.0 Å². The molecule has 2 aromatic rings. The van der Waals surface area contributed by atoms with Crippen molar-refractivity contribution in [1.82, 2.24) is 9.97 Å². The molecule has 7 heteroatoms. The highest BCUT2D eigenvalue weighted by Crippen LogP contribution is 2.27. The average Bonchev–Trinajstić information content (AvgIpc) is 2.59. The summed E-state index contributed by atoms with van der Waals surface area (Å²) < 4.78 is 0. The highest BCUT2D eigenvalue weighted by molar-refractivity contribution is 6.35. The van der Waals surface area contributed by atoms with Crippen molar-refractivity contribution in [2.24, 2.45) is 0 Å². The number of H-pyrrole nitrogens is 2. The second-order valence-electron chi connectivity index (χ2n) is 3.29. The van der Waals surface area contributed by atoms with Crippen LogP contribution < -0.4 is 5.69 Å². The first-order valence-electron chi connectivity index (χ1n) is 4.49. The molecule has 0 radical (unpaired) electrons. The Morgan fingerprint density at radius 3 is 2.24 bits per heavy atom. The lowest BCUT2D eigenvalue weighted by molar-refractivity contribution is 0.0692. The summed E-state index contributed by atoms with van der Waals surface area (Å²) in [6.45, 7) is 0. The Hall–Kier alpha value is -1.72. The van der Waals surface area contributed by atoms with Crippen molar-refractivity contribution in [2.75, 3.05) is 0 Å².